The van der Waals surface area contributed by atoms with Crippen molar-refractivity contribution in [2.45, 2.75) is 19.5 Å². The zero-order valence-electron chi connectivity index (χ0n) is 10.4. The molecule has 6 heteroatoms. The lowest BCUT2D eigenvalue weighted by Gasteiger charge is -2.07. The van der Waals surface area contributed by atoms with E-state index in [-0.39, 0.29) is 6.54 Å². The van der Waals surface area contributed by atoms with Gasteiger partial charge in [-0.1, -0.05) is 12.1 Å². The van der Waals surface area contributed by atoms with Crippen molar-refractivity contribution >= 4 is 0 Å². The molecule has 0 amide bonds. The van der Waals surface area contributed by atoms with Crippen LogP contribution in [-0.4, -0.2) is 16.3 Å². The first-order valence-electron chi connectivity index (χ1n) is 5.85. The molecule has 0 aliphatic rings. The predicted octanol–water partition coefficient (Wildman–Crippen LogP) is 2.70. The Morgan fingerprint density at radius 2 is 2.00 bits per heavy atom. The van der Waals surface area contributed by atoms with Crippen LogP contribution in [0.1, 0.15) is 17.0 Å². The highest BCUT2D eigenvalue weighted by molar-refractivity contribution is 5.37. The standard InChI is InChI=1S/C13H14F3N3/c1-9-3-2-4-10(7-9)19-11(5-6-17)8-12(18-19)13(14,15)16/h2-4,7-8H,5-6,17H2,1H3. The average molecular weight is 269 g/mol. The number of nitrogens with zero attached hydrogens (tertiary/aromatic N) is 2. The average Bonchev–Trinajstić information content (AvgIpc) is 2.73. The fourth-order valence-electron chi connectivity index (χ4n) is 1.87. The third-order valence-corrected chi connectivity index (χ3v) is 2.72. The van der Waals surface area contributed by atoms with Crippen molar-refractivity contribution in [1.82, 2.24) is 9.78 Å². The van der Waals surface area contributed by atoms with Gasteiger partial charge < -0.3 is 5.73 Å². The first-order valence-corrected chi connectivity index (χ1v) is 5.85. The lowest BCUT2D eigenvalue weighted by Crippen LogP contribution is -2.09. The van der Waals surface area contributed by atoms with Crippen LogP contribution in [0.2, 0.25) is 0 Å². The van der Waals surface area contributed by atoms with E-state index in [1.165, 1.54) is 4.68 Å². The smallest absolute Gasteiger partial charge is 0.330 e. The lowest BCUT2D eigenvalue weighted by atomic mass is 10.2. The summed E-state index contributed by atoms with van der Waals surface area (Å²) >= 11 is 0. The van der Waals surface area contributed by atoms with Crippen LogP contribution in [-0.2, 0) is 12.6 Å². The summed E-state index contributed by atoms with van der Waals surface area (Å²) in [6.07, 6.45) is -4.10. The molecule has 0 fully saturated rings. The minimum atomic E-state index is -4.45. The Balaban J connectivity index is 2.52. The molecule has 0 spiro atoms. The molecular weight excluding hydrogens is 255 g/mol. The Morgan fingerprint density at radius 3 is 2.58 bits per heavy atom. The number of alkyl halides is 3. The third kappa shape index (κ3) is 2.96. The Kier molecular flexibility index (Phi) is 3.61. The van der Waals surface area contributed by atoms with Gasteiger partial charge in [0.2, 0.25) is 0 Å². The Labute approximate surface area is 108 Å². The van der Waals surface area contributed by atoms with Gasteiger partial charge in [0, 0.05) is 12.1 Å². The Bertz CT molecular complexity index is 573. The maximum Gasteiger partial charge on any atom is 0.435 e. The zero-order valence-corrected chi connectivity index (χ0v) is 10.4. The normalized spacial score (nSPS) is 11.8. The number of hydrogen-bond acceptors (Lipinski definition) is 2. The van der Waals surface area contributed by atoms with Gasteiger partial charge in [0.15, 0.2) is 5.69 Å². The van der Waals surface area contributed by atoms with Crippen LogP contribution in [0.5, 0.6) is 0 Å². The summed E-state index contributed by atoms with van der Waals surface area (Å²) in [5.41, 5.74) is 6.57. The first kappa shape index (κ1) is 13.6. The highest BCUT2D eigenvalue weighted by Crippen LogP contribution is 2.29. The van der Waals surface area contributed by atoms with Crippen LogP contribution >= 0.6 is 0 Å². The Morgan fingerprint density at radius 1 is 1.26 bits per heavy atom. The van der Waals surface area contributed by atoms with E-state index in [4.69, 9.17) is 5.73 Å². The van der Waals surface area contributed by atoms with Gasteiger partial charge in [-0.15, -0.1) is 0 Å². The molecule has 0 bridgehead atoms. The van der Waals surface area contributed by atoms with E-state index in [1.807, 2.05) is 13.0 Å². The Hall–Kier alpha value is -1.82. The molecule has 2 aromatic rings. The number of hydrogen-bond donors (Lipinski definition) is 1. The predicted molar refractivity (Wildman–Crippen MR) is 66.1 cm³/mol. The molecule has 0 saturated carbocycles. The van der Waals surface area contributed by atoms with E-state index in [0.29, 0.717) is 17.8 Å². The van der Waals surface area contributed by atoms with Crippen molar-refractivity contribution < 1.29 is 13.2 Å². The van der Waals surface area contributed by atoms with E-state index in [2.05, 4.69) is 5.10 Å². The van der Waals surface area contributed by atoms with Gasteiger partial charge >= 0.3 is 6.18 Å². The molecule has 19 heavy (non-hydrogen) atoms. The van der Waals surface area contributed by atoms with Crippen LogP contribution in [0.25, 0.3) is 5.69 Å². The maximum atomic E-state index is 12.7. The van der Waals surface area contributed by atoms with Gasteiger partial charge in [0.05, 0.1) is 5.69 Å². The van der Waals surface area contributed by atoms with E-state index >= 15 is 0 Å². The number of nitrogens with two attached hydrogens (primary N) is 1. The minimum Gasteiger partial charge on any atom is -0.330 e. The molecule has 1 aromatic heterocycles. The van der Waals surface area contributed by atoms with Gasteiger partial charge in [-0.2, -0.15) is 18.3 Å². The van der Waals surface area contributed by atoms with E-state index < -0.39 is 11.9 Å². The van der Waals surface area contributed by atoms with Crippen LogP contribution < -0.4 is 5.73 Å². The molecule has 102 valence electrons. The molecular formula is C13H14F3N3. The number of benzene rings is 1. The zero-order chi connectivity index (χ0) is 14.0. The highest BCUT2D eigenvalue weighted by atomic mass is 19.4. The van der Waals surface area contributed by atoms with Crippen LogP contribution in [0.4, 0.5) is 13.2 Å². The maximum absolute atomic E-state index is 12.7. The number of aryl methyl sites for hydroxylation is 1. The molecule has 0 aliphatic heterocycles. The number of halogens is 3. The van der Waals surface area contributed by atoms with E-state index in [9.17, 15) is 13.2 Å². The highest BCUT2D eigenvalue weighted by Gasteiger charge is 2.34. The fraction of sp³-hybridized carbons (Fsp3) is 0.308. The van der Waals surface area contributed by atoms with E-state index in [1.54, 1.807) is 18.2 Å². The molecule has 3 nitrogen and oxygen atoms in total. The van der Waals surface area contributed by atoms with Crippen molar-refractivity contribution in [1.29, 1.82) is 0 Å². The molecule has 1 heterocycles. The summed E-state index contributed by atoms with van der Waals surface area (Å²) in [4.78, 5) is 0. The van der Waals surface area contributed by atoms with Crippen molar-refractivity contribution in [2.24, 2.45) is 5.73 Å². The summed E-state index contributed by atoms with van der Waals surface area (Å²) in [6, 6.07) is 8.22. The topological polar surface area (TPSA) is 43.8 Å². The molecule has 0 saturated heterocycles. The van der Waals surface area contributed by atoms with Crippen LogP contribution in [0, 0.1) is 6.92 Å². The molecule has 0 aliphatic carbocycles. The van der Waals surface area contributed by atoms with Gasteiger partial charge in [-0.25, -0.2) is 4.68 Å². The monoisotopic (exact) mass is 269 g/mol. The molecule has 0 unspecified atom stereocenters. The lowest BCUT2D eigenvalue weighted by molar-refractivity contribution is -0.141. The van der Waals surface area contributed by atoms with Crippen molar-refractivity contribution in [3.05, 3.63) is 47.3 Å². The summed E-state index contributed by atoms with van der Waals surface area (Å²) in [7, 11) is 0. The second-order valence-corrected chi connectivity index (χ2v) is 4.31. The van der Waals surface area contributed by atoms with Gasteiger partial charge in [-0.3, -0.25) is 0 Å². The van der Waals surface area contributed by atoms with Crippen LogP contribution in [0.15, 0.2) is 30.3 Å². The van der Waals surface area contributed by atoms with Gasteiger partial charge in [-0.05, 0) is 37.2 Å². The molecule has 2 N–H and O–H groups in total. The number of aromatic nitrogens is 2. The summed E-state index contributed by atoms with van der Waals surface area (Å²) in [5.74, 6) is 0. The largest absolute Gasteiger partial charge is 0.435 e. The molecule has 0 radical (unpaired) electrons. The molecule has 2 rings (SSSR count). The summed E-state index contributed by atoms with van der Waals surface area (Å²) in [5, 5.41) is 3.65. The molecule has 1 aromatic carbocycles. The first-order chi connectivity index (χ1) is 8.91. The van der Waals surface area contributed by atoms with Gasteiger partial charge in [0.1, 0.15) is 0 Å². The second-order valence-electron chi connectivity index (χ2n) is 4.31. The molecule has 0 atom stereocenters. The van der Waals surface area contributed by atoms with Gasteiger partial charge in [0.25, 0.3) is 0 Å². The summed E-state index contributed by atoms with van der Waals surface area (Å²) in [6.45, 7) is 2.15. The quantitative estimate of drug-likeness (QED) is 0.931. The van der Waals surface area contributed by atoms with Crippen molar-refractivity contribution in [3.63, 3.8) is 0 Å². The third-order valence-electron chi connectivity index (χ3n) is 2.72. The second kappa shape index (κ2) is 5.05. The van der Waals surface area contributed by atoms with E-state index in [0.717, 1.165) is 11.6 Å². The van der Waals surface area contributed by atoms with Crippen molar-refractivity contribution in [3.8, 4) is 5.69 Å². The number of rotatable bonds is 3. The fourth-order valence-corrected chi connectivity index (χ4v) is 1.87. The summed E-state index contributed by atoms with van der Waals surface area (Å²) < 4.78 is 39.4. The SMILES string of the molecule is Cc1cccc(-n2nc(C(F)(F)F)cc2CCN)c1. The van der Waals surface area contributed by atoms with Crippen LogP contribution in [0.3, 0.4) is 0 Å². The minimum absolute atomic E-state index is 0.273. The van der Waals surface area contributed by atoms with Crippen molar-refractivity contribution in [2.75, 3.05) is 6.54 Å².